The normalized spacial score (nSPS) is 22.0. The molecule has 0 spiro atoms. The lowest BCUT2D eigenvalue weighted by molar-refractivity contribution is -0.0118. The van der Waals surface area contributed by atoms with Gasteiger partial charge in [0.2, 0.25) is 0 Å². The number of ether oxygens (including phenoxy) is 1. The van der Waals surface area contributed by atoms with E-state index in [9.17, 15) is 4.79 Å². The van der Waals surface area contributed by atoms with Crippen LogP contribution >= 0.6 is 22.9 Å². The second kappa shape index (κ2) is 6.02. The summed E-state index contributed by atoms with van der Waals surface area (Å²) in [6, 6.07) is 4.12. The highest BCUT2D eigenvalue weighted by Crippen LogP contribution is 2.26. The predicted molar refractivity (Wildman–Crippen MR) is 80.6 cm³/mol. The second-order valence-electron chi connectivity index (χ2n) is 5.44. The maximum atomic E-state index is 12.2. The highest BCUT2D eigenvalue weighted by atomic mass is 35.5. The van der Waals surface area contributed by atoms with Crippen molar-refractivity contribution in [2.24, 2.45) is 0 Å². The number of likely N-dealkylation sites (tertiary alicyclic amines) is 2. The first kappa shape index (κ1) is 14.3. The molecule has 1 aromatic rings. The van der Waals surface area contributed by atoms with Gasteiger partial charge in [0.1, 0.15) is 0 Å². The minimum Gasteiger partial charge on any atom is -0.381 e. The molecule has 4 nitrogen and oxygen atoms in total. The number of halogens is 1. The van der Waals surface area contributed by atoms with Crippen LogP contribution in [-0.4, -0.2) is 61.1 Å². The maximum absolute atomic E-state index is 12.2. The molecule has 1 amide bonds. The minimum absolute atomic E-state index is 0.116. The van der Waals surface area contributed by atoms with Gasteiger partial charge in [-0.05, 0) is 25.0 Å². The van der Waals surface area contributed by atoms with Crippen LogP contribution in [0.4, 0.5) is 0 Å². The van der Waals surface area contributed by atoms with Crippen molar-refractivity contribution in [2.45, 2.75) is 25.0 Å². The fourth-order valence-corrected chi connectivity index (χ4v) is 3.92. The van der Waals surface area contributed by atoms with Gasteiger partial charge in [-0.15, -0.1) is 11.3 Å². The molecule has 2 aliphatic heterocycles. The first-order valence-corrected chi connectivity index (χ1v) is 8.18. The fraction of sp³-hybridized carbons (Fsp3) is 0.643. The quantitative estimate of drug-likeness (QED) is 0.858. The third kappa shape index (κ3) is 2.86. The van der Waals surface area contributed by atoms with E-state index in [1.165, 1.54) is 11.3 Å². The Hall–Kier alpha value is -0.620. The van der Waals surface area contributed by atoms with E-state index in [0.717, 1.165) is 43.9 Å². The third-order valence-corrected chi connectivity index (χ3v) is 5.48. The zero-order valence-electron chi connectivity index (χ0n) is 11.5. The van der Waals surface area contributed by atoms with Crippen molar-refractivity contribution in [3.63, 3.8) is 0 Å². The van der Waals surface area contributed by atoms with Crippen LogP contribution in [0.1, 0.15) is 22.5 Å². The van der Waals surface area contributed by atoms with Gasteiger partial charge in [0.25, 0.3) is 5.91 Å². The van der Waals surface area contributed by atoms with E-state index in [1.807, 2.05) is 11.0 Å². The van der Waals surface area contributed by atoms with Gasteiger partial charge in [-0.1, -0.05) is 11.6 Å². The van der Waals surface area contributed by atoms with E-state index in [1.54, 1.807) is 13.2 Å². The molecule has 0 aliphatic carbocycles. The summed E-state index contributed by atoms with van der Waals surface area (Å²) in [6.07, 6.45) is 2.61. The van der Waals surface area contributed by atoms with Crippen molar-refractivity contribution in [3.8, 4) is 0 Å². The fourth-order valence-electron chi connectivity index (χ4n) is 2.91. The van der Waals surface area contributed by atoms with Crippen molar-refractivity contribution < 1.29 is 9.53 Å². The molecule has 3 rings (SSSR count). The largest absolute Gasteiger partial charge is 0.381 e. The van der Waals surface area contributed by atoms with E-state index in [2.05, 4.69) is 4.90 Å². The van der Waals surface area contributed by atoms with Crippen LogP contribution in [0, 0.1) is 0 Å². The van der Waals surface area contributed by atoms with E-state index in [-0.39, 0.29) is 5.91 Å². The summed E-state index contributed by atoms with van der Waals surface area (Å²) in [4.78, 5) is 17.3. The molecule has 1 aromatic heterocycles. The van der Waals surface area contributed by atoms with Gasteiger partial charge in [-0.3, -0.25) is 9.69 Å². The van der Waals surface area contributed by atoms with Gasteiger partial charge >= 0.3 is 0 Å². The molecule has 0 saturated carbocycles. The van der Waals surface area contributed by atoms with E-state index < -0.39 is 0 Å². The molecule has 2 saturated heterocycles. The van der Waals surface area contributed by atoms with Crippen molar-refractivity contribution >= 4 is 28.8 Å². The lowest BCUT2D eigenvalue weighted by atomic mass is 10.0. The summed E-state index contributed by atoms with van der Waals surface area (Å²) in [5, 5.41) is 0. The number of thiophene rings is 1. The second-order valence-corrected chi connectivity index (χ2v) is 7.15. The van der Waals surface area contributed by atoms with E-state index in [0.29, 0.717) is 16.5 Å². The molecular formula is C14H19ClN2O2S. The molecule has 0 bridgehead atoms. The molecule has 2 aliphatic rings. The molecule has 0 N–H and O–H groups in total. The predicted octanol–water partition coefficient (Wildman–Crippen LogP) is 2.34. The Labute approximate surface area is 128 Å². The minimum atomic E-state index is 0.116. The maximum Gasteiger partial charge on any atom is 0.264 e. The summed E-state index contributed by atoms with van der Waals surface area (Å²) in [6.45, 7) is 3.84. The Morgan fingerprint density at radius 2 is 2.05 bits per heavy atom. The number of carbonyl (C=O) groups is 1. The molecule has 20 heavy (non-hydrogen) atoms. The van der Waals surface area contributed by atoms with Crippen molar-refractivity contribution in [3.05, 3.63) is 21.3 Å². The van der Waals surface area contributed by atoms with Crippen LogP contribution in [0.2, 0.25) is 4.34 Å². The molecule has 3 heterocycles. The third-order valence-electron chi connectivity index (χ3n) is 4.26. The van der Waals surface area contributed by atoms with Gasteiger partial charge in [0.05, 0.1) is 15.3 Å². The number of hydrogen-bond acceptors (Lipinski definition) is 4. The van der Waals surface area contributed by atoms with Crippen LogP contribution in [0.3, 0.4) is 0 Å². The number of methoxy groups -OCH3 is 1. The van der Waals surface area contributed by atoms with Gasteiger partial charge in [-0.25, -0.2) is 0 Å². The lowest BCUT2D eigenvalue weighted by Gasteiger charge is -2.47. The summed E-state index contributed by atoms with van der Waals surface area (Å²) in [5.74, 6) is 0.116. The summed E-state index contributed by atoms with van der Waals surface area (Å²) >= 11 is 7.23. The number of hydrogen-bond donors (Lipinski definition) is 0. The molecule has 110 valence electrons. The molecule has 2 fully saturated rings. The Bertz CT molecular complexity index is 479. The zero-order chi connectivity index (χ0) is 14.1. The number of nitrogens with zero attached hydrogens (tertiary/aromatic N) is 2. The Morgan fingerprint density at radius 1 is 1.35 bits per heavy atom. The molecule has 0 atom stereocenters. The van der Waals surface area contributed by atoms with E-state index >= 15 is 0 Å². The average Bonchev–Trinajstić information content (AvgIpc) is 2.84. The smallest absolute Gasteiger partial charge is 0.264 e. The van der Waals surface area contributed by atoms with Crippen LogP contribution in [0.5, 0.6) is 0 Å². The van der Waals surface area contributed by atoms with Crippen molar-refractivity contribution in [1.29, 1.82) is 0 Å². The first-order chi connectivity index (χ1) is 9.67. The summed E-state index contributed by atoms with van der Waals surface area (Å²) in [7, 11) is 1.79. The highest BCUT2D eigenvalue weighted by molar-refractivity contribution is 7.17. The van der Waals surface area contributed by atoms with Crippen LogP contribution in [-0.2, 0) is 4.74 Å². The Morgan fingerprint density at radius 3 is 2.60 bits per heavy atom. The van der Waals surface area contributed by atoms with Gasteiger partial charge in [0, 0.05) is 39.3 Å². The molecule has 0 unspecified atom stereocenters. The van der Waals surface area contributed by atoms with Crippen molar-refractivity contribution in [1.82, 2.24) is 9.80 Å². The summed E-state index contributed by atoms with van der Waals surface area (Å²) in [5.41, 5.74) is 0. The monoisotopic (exact) mass is 314 g/mol. The standard InChI is InChI=1S/C14H19ClN2O2S/c1-19-11-4-6-16(7-5-11)10-8-17(9-10)14(18)12-2-3-13(15)20-12/h2-3,10-11H,4-9H2,1H3. The number of rotatable bonds is 3. The van der Waals surface area contributed by atoms with E-state index in [4.69, 9.17) is 16.3 Å². The van der Waals surface area contributed by atoms with Gasteiger partial charge < -0.3 is 9.64 Å². The van der Waals surface area contributed by atoms with Crippen molar-refractivity contribution in [2.75, 3.05) is 33.3 Å². The highest BCUT2D eigenvalue weighted by Gasteiger charge is 2.36. The van der Waals surface area contributed by atoms with Crippen LogP contribution in [0.25, 0.3) is 0 Å². The Balaban J connectivity index is 1.48. The molecule has 6 heteroatoms. The Kier molecular flexibility index (Phi) is 4.31. The average molecular weight is 315 g/mol. The van der Waals surface area contributed by atoms with Crippen LogP contribution in [0.15, 0.2) is 12.1 Å². The van der Waals surface area contributed by atoms with Gasteiger partial charge in [-0.2, -0.15) is 0 Å². The topological polar surface area (TPSA) is 32.8 Å². The molecule has 0 aromatic carbocycles. The SMILES string of the molecule is COC1CCN(C2CN(C(=O)c3ccc(Cl)s3)C2)CC1. The lowest BCUT2D eigenvalue weighted by Crippen LogP contribution is -2.62. The molecule has 0 radical (unpaired) electrons. The first-order valence-electron chi connectivity index (χ1n) is 6.99. The summed E-state index contributed by atoms with van der Waals surface area (Å²) < 4.78 is 6.06. The zero-order valence-corrected chi connectivity index (χ0v) is 13.1. The van der Waals surface area contributed by atoms with Gasteiger partial charge in [0.15, 0.2) is 0 Å². The molecular weight excluding hydrogens is 296 g/mol. The number of carbonyl (C=O) groups excluding carboxylic acids is 1. The number of amides is 1. The van der Waals surface area contributed by atoms with Crippen LogP contribution < -0.4 is 0 Å². The number of piperidine rings is 1.